The maximum absolute atomic E-state index is 6.44. The van der Waals surface area contributed by atoms with Gasteiger partial charge in [0.05, 0.1) is 36.7 Å². The number of rotatable bonds is 6. The number of aromatic nitrogens is 5. The highest BCUT2D eigenvalue weighted by molar-refractivity contribution is 5.81. The Kier molecular flexibility index (Phi) is 6.35. The van der Waals surface area contributed by atoms with E-state index in [1.165, 1.54) is 0 Å². The fraction of sp³-hybridized carbons (Fsp3) is 0.625. The van der Waals surface area contributed by atoms with Gasteiger partial charge in [-0.2, -0.15) is 10.1 Å². The van der Waals surface area contributed by atoms with E-state index < -0.39 is 0 Å². The van der Waals surface area contributed by atoms with Crippen molar-refractivity contribution in [3.63, 3.8) is 0 Å². The van der Waals surface area contributed by atoms with E-state index in [1.807, 2.05) is 29.3 Å². The summed E-state index contributed by atoms with van der Waals surface area (Å²) < 4.78 is 19.4. The van der Waals surface area contributed by atoms with Crippen molar-refractivity contribution in [1.82, 2.24) is 29.6 Å². The molecule has 10 nitrogen and oxygen atoms in total. The first kappa shape index (κ1) is 21.8. The minimum absolute atomic E-state index is 0.169. The van der Waals surface area contributed by atoms with Gasteiger partial charge in [0.25, 0.3) is 0 Å². The molecule has 2 aliphatic heterocycles. The first-order valence-corrected chi connectivity index (χ1v) is 12.5. The van der Waals surface area contributed by atoms with Crippen LogP contribution >= 0.6 is 0 Å². The molecule has 1 aliphatic carbocycles. The van der Waals surface area contributed by atoms with Crippen LogP contribution in [-0.2, 0) is 9.47 Å². The molecule has 0 radical (unpaired) electrons. The van der Waals surface area contributed by atoms with Gasteiger partial charge in [-0.15, -0.1) is 0 Å². The number of morpholine rings is 1. The van der Waals surface area contributed by atoms with Crippen molar-refractivity contribution in [3.8, 4) is 5.88 Å². The molecule has 182 valence electrons. The van der Waals surface area contributed by atoms with E-state index >= 15 is 0 Å². The van der Waals surface area contributed by atoms with Crippen molar-refractivity contribution < 1.29 is 14.2 Å². The Morgan fingerprint density at radius 1 is 0.941 bits per heavy atom. The largest absolute Gasteiger partial charge is 0.473 e. The summed E-state index contributed by atoms with van der Waals surface area (Å²) in [5, 5.41) is 7.87. The molecule has 0 bridgehead atoms. The highest BCUT2D eigenvalue weighted by Gasteiger charge is 2.28. The molecule has 3 aromatic rings. The molecule has 0 unspecified atom stereocenters. The van der Waals surface area contributed by atoms with E-state index in [4.69, 9.17) is 19.2 Å². The van der Waals surface area contributed by atoms with Gasteiger partial charge in [0.1, 0.15) is 11.6 Å². The van der Waals surface area contributed by atoms with Crippen molar-refractivity contribution >= 4 is 22.7 Å². The molecule has 0 aromatic carbocycles. The monoisotopic (exact) mass is 467 g/mol. The lowest BCUT2D eigenvalue weighted by atomic mass is 9.91. The molecule has 0 atom stereocenters. The molecule has 2 N–H and O–H groups in total. The second-order valence-electron chi connectivity index (χ2n) is 9.46. The fourth-order valence-corrected chi connectivity index (χ4v) is 5.37. The third-order valence-electron chi connectivity index (χ3n) is 7.28. The van der Waals surface area contributed by atoms with Crippen molar-refractivity contribution in [2.45, 2.75) is 56.7 Å². The smallest absolute Gasteiger partial charge is 0.243 e. The van der Waals surface area contributed by atoms with E-state index in [2.05, 4.69) is 25.3 Å². The van der Waals surface area contributed by atoms with Crippen LogP contribution in [0.15, 0.2) is 24.7 Å². The van der Waals surface area contributed by atoms with E-state index in [-0.39, 0.29) is 6.10 Å². The van der Waals surface area contributed by atoms with Gasteiger partial charge in [0.15, 0.2) is 0 Å². The maximum atomic E-state index is 6.44. The molecular formula is C24H33N7O3. The lowest BCUT2D eigenvalue weighted by Crippen LogP contribution is -2.46. The highest BCUT2D eigenvalue weighted by atomic mass is 16.5. The van der Waals surface area contributed by atoms with Crippen molar-refractivity contribution in [3.05, 3.63) is 24.7 Å². The molecule has 1 saturated carbocycles. The number of fused-ring (bicyclic) bond motifs is 1. The lowest BCUT2D eigenvalue weighted by molar-refractivity contribution is -0.00126. The quantitative estimate of drug-likeness (QED) is 0.570. The predicted octanol–water partition coefficient (Wildman–Crippen LogP) is 3.27. The second-order valence-corrected chi connectivity index (χ2v) is 9.46. The van der Waals surface area contributed by atoms with Crippen molar-refractivity contribution in [2.24, 2.45) is 0 Å². The molecule has 5 heterocycles. The third-order valence-corrected chi connectivity index (χ3v) is 7.28. The summed E-state index contributed by atoms with van der Waals surface area (Å²) in [6.45, 7) is 5.37. The molecule has 34 heavy (non-hydrogen) atoms. The topological polar surface area (TPSA) is 102 Å². The summed E-state index contributed by atoms with van der Waals surface area (Å²) in [5.74, 6) is 1.14. The molecule has 3 aliphatic rings. The van der Waals surface area contributed by atoms with E-state index in [0.29, 0.717) is 23.9 Å². The third kappa shape index (κ3) is 4.75. The molecule has 2 saturated heterocycles. The first-order chi connectivity index (χ1) is 16.8. The van der Waals surface area contributed by atoms with Crippen LogP contribution in [0.25, 0.3) is 11.0 Å². The Bertz CT molecular complexity index is 1080. The number of anilines is 2. The first-order valence-electron chi connectivity index (χ1n) is 12.5. The van der Waals surface area contributed by atoms with Gasteiger partial charge in [0.2, 0.25) is 11.8 Å². The van der Waals surface area contributed by atoms with Crippen molar-refractivity contribution in [2.75, 3.05) is 44.8 Å². The van der Waals surface area contributed by atoms with Crippen LogP contribution in [0, 0.1) is 0 Å². The zero-order valence-corrected chi connectivity index (χ0v) is 19.5. The predicted molar refractivity (Wildman–Crippen MR) is 128 cm³/mol. The number of ether oxygens (including phenoxy) is 3. The van der Waals surface area contributed by atoms with Crippen LogP contribution in [0.2, 0.25) is 0 Å². The Balaban J connectivity index is 1.13. The molecule has 3 aromatic heterocycles. The number of hydrogen-bond acceptors (Lipinski definition) is 8. The van der Waals surface area contributed by atoms with Crippen LogP contribution in [0.5, 0.6) is 5.88 Å². The van der Waals surface area contributed by atoms with Crippen LogP contribution in [-0.4, -0.2) is 81.3 Å². The molecular weight excluding hydrogens is 434 g/mol. The Morgan fingerprint density at radius 2 is 1.74 bits per heavy atom. The summed E-state index contributed by atoms with van der Waals surface area (Å²) in [6, 6.07) is 2.98. The number of nitrogens with one attached hydrogen (secondary N) is 2. The average molecular weight is 468 g/mol. The van der Waals surface area contributed by atoms with E-state index in [1.54, 1.807) is 0 Å². The van der Waals surface area contributed by atoms with E-state index in [9.17, 15) is 0 Å². The summed E-state index contributed by atoms with van der Waals surface area (Å²) in [7, 11) is 0. The summed E-state index contributed by atoms with van der Waals surface area (Å²) >= 11 is 0. The second kappa shape index (κ2) is 9.89. The van der Waals surface area contributed by atoms with Crippen LogP contribution in [0.1, 0.15) is 44.6 Å². The summed E-state index contributed by atoms with van der Waals surface area (Å²) in [6.07, 6.45) is 12.3. The fourth-order valence-electron chi connectivity index (χ4n) is 5.37. The van der Waals surface area contributed by atoms with Crippen LogP contribution < -0.4 is 10.1 Å². The zero-order valence-electron chi connectivity index (χ0n) is 19.5. The summed E-state index contributed by atoms with van der Waals surface area (Å²) in [4.78, 5) is 15.2. The standard InChI is InChI=1S/C24H33N7O3/c1-3-20(4-2-18(1)30-9-13-33-14-10-30)34-23-22-21(5-8-25-22)28-24(29-23)27-17-15-26-31(16-17)19-6-11-32-12-7-19/h5,8,15-16,18-20,25H,1-4,6-7,9-14H2,(H,27,28,29). The van der Waals surface area contributed by atoms with Gasteiger partial charge in [-0.25, -0.2) is 4.98 Å². The van der Waals surface area contributed by atoms with Gasteiger partial charge < -0.3 is 24.5 Å². The van der Waals surface area contributed by atoms with Gasteiger partial charge in [-0.3, -0.25) is 9.58 Å². The Hall–Kier alpha value is -2.69. The molecule has 3 fully saturated rings. The molecule has 10 heteroatoms. The van der Waals surface area contributed by atoms with Crippen molar-refractivity contribution in [1.29, 1.82) is 0 Å². The van der Waals surface area contributed by atoms with Gasteiger partial charge in [0, 0.05) is 44.7 Å². The number of aromatic amines is 1. The maximum Gasteiger partial charge on any atom is 0.243 e. The number of hydrogen-bond donors (Lipinski definition) is 2. The zero-order chi connectivity index (χ0) is 22.7. The average Bonchev–Trinajstić information content (AvgIpc) is 3.56. The SMILES string of the molecule is c1cc2nc(Nc3cnn(C4CCOCC4)c3)nc(OC3CCC(N4CCOCC4)CC3)c2[nH]1. The normalized spacial score (nSPS) is 24.9. The molecule has 6 rings (SSSR count). The minimum Gasteiger partial charge on any atom is -0.473 e. The molecule has 0 spiro atoms. The molecule has 0 amide bonds. The Morgan fingerprint density at radius 3 is 2.56 bits per heavy atom. The Labute approximate surface area is 199 Å². The van der Waals surface area contributed by atoms with Crippen LogP contribution in [0.3, 0.4) is 0 Å². The van der Waals surface area contributed by atoms with Gasteiger partial charge in [-0.05, 0) is 44.6 Å². The lowest BCUT2D eigenvalue weighted by Gasteiger charge is -2.38. The minimum atomic E-state index is 0.169. The number of H-pyrrole nitrogens is 1. The van der Waals surface area contributed by atoms with Crippen LogP contribution in [0.4, 0.5) is 11.6 Å². The van der Waals surface area contributed by atoms with E-state index in [0.717, 1.165) is 94.8 Å². The number of nitrogens with zero attached hydrogens (tertiary/aromatic N) is 5. The highest BCUT2D eigenvalue weighted by Crippen LogP contribution is 2.30. The van der Waals surface area contributed by atoms with Gasteiger partial charge >= 0.3 is 0 Å². The van der Waals surface area contributed by atoms with Gasteiger partial charge in [-0.1, -0.05) is 0 Å². The summed E-state index contributed by atoms with van der Waals surface area (Å²) in [5.41, 5.74) is 2.56.